The zero-order valence-electron chi connectivity index (χ0n) is 24.9. The van der Waals surface area contributed by atoms with E-state index in [2.05, 4.69) is 35.4 Å². The van der Waals surface area contributed by atoms with E-state index in [0.29, 0.717) is 23.5 Å². The first-order valence-corrected chi connectivity index (χ1v) is 15.6. The minimum Gasteiger partial charge on any atom is -0.480 e. The zero-order chi connectivity index (χ0) is 29.6. The second kappa shape index (κ2) is 11.0. The zero-order valence-corrected chi connectivity index (χ0v) is 24.9. The van der Waals surface area contributed by atoms with Crippen LogP contribution in [0.2, 0.25) is 0 Å². The number of Topliss-reactive ketones (excluding diaryl/α,β-unsaturated/α-hetero) is 1. The summed E-state index contributed by atoms with van der Waals surface area (Å²) in [6, 6.07) is 6.61. The van der Waals surface area contributed by atoms with E-state index in [1.54, 1.807) is 13.1 Å². The molecule has 0 radical (unpaired) electrons. The summed E-state index contributed by atoms with van der Waals surface area (Å²) in [7, 11) is 0. The van der Waals surface area contributed by atoms with Crippen molar-refractivity contribution in [3.63, 3.8) is 0 Å². The van der Waals surface area contributed by atoms with Gasteiger partial charge in [0.15, 0.2) is 6.61 Å². The number of benzene rings is 1. The lowest BCUT2D eigenvalue weighted by Crippen LogP contribution is -2.51. The molecule has 224 valence electrons. The van der Waals surface area contributed by atoms with E-state index in [1.807, 2.05) is 24.3 Å². The van der Waals surface area contributed by atoms with Crippen molar-refractivity contribution in [3.8, 4) is 0 Å². The van der Waals surface area contributed by atoms with Gasteiger partial charge in [0.2, 0.25) is 0 Å². The van der Waals surface area contributed by atoms with E-state index in [9.17, 15) is 19.5 Å². The molecule has 0 bridgehead atoms. The Hall–Kier alpha value is -3.42. The van der Waals surface area contributed by atoms with Gasteiger partial charge in [-0.15, -0.1) is 0 Å². The van der Waals surface area contributed by atoms with E-state index < -0.39 is 17.9 Å². The number of hydrogen-bond donors (Lipinski definition) is 3. The van der Waals surface area contributed by atoms with Gasteiger partial charge in [0.05, 0.1) is 5.71 Å². The van der Waals surface area contributed by atoms with Crippen molar-refractivity contribution in [1.29, 1.82) is 0 Å². The van der Waals surface area contributed by atoms with Gasteiger partial charge in [0.25, 0.3) is 5.91 Å². The first-order valence-electron chi connectivity index (χ1n) is 15.6. The van der Waals surface area contributed by atoms with Crippen LogP contribution in [0.1, 0.15) is 77.7 Å². The Morgan fingerprint density at radius 2 is 1.90 bits per heavy atom. The number of aromatic amines is 1. The predicted molar refractivity (Wildman–Crippen MR) is 161 cm³/mol. The number of amides is 1. The molecular weight excluding hydrogens is 530 g/mol. The number of nitrogens with one attached hydrogen (secondary N) is 2. The fourth-order valence-corrected chi connectivity index (χ4v) is 9.44. The lowest BCUT2D eigenvalue weighted by molar-refractivity contribution is -0.142. The Bertz CT molecular complexity index is 1460. The van der Waals surface area contributed by atoms with Crippen molar-refractivity contribution in [1.82, 2.24) is 10.3 Å². The average Bonchev–Trinajstić information content (AvgIpc) is 3.53. The third-order valence-corrected chi connectivity index (χ3v) is 11.6. The number of carboxylic acids is 1. The van der Waals surface area contributed by atoms with Crippen LogP contribution in [0.25, 0.3) is 10.9 Å². The molecule has 1 amide bonds. The van der Waals surface area contributed by atoms with Crippen LogP contribution >= 0.6 is 0 Å². The van der Waals surface area contributed by atoms with Crippen LogP contribution in [0.4, 0.5) is 0 Å². The minimum atomic E-state index is -1.09. The van der Waals surface area contributed by atoms with Gasteiger partial charge in [-0.2, -0.15) is 0 Å². The number of carbonyl (C=O) groups excluding carboxylic acids is 2. The van der Waals surface area contributed by atoms with Crippen molar-refractivity contribution in [2.24, 2.45) is 39.7 Å². The van der Waals surface area contributed by atoms with Crippen LogP contribution in [-0.4, -0.2) is 46.1 Å². The Morgan fingerprint density at radius 3 is 2.69 bits per heavy atom. The van der Waals surface area contributed by atoms with Gasteiger partial charge in [0, 0.05) is 29.4 Å². The summed E-state index contributed by atoms with van der Waals surface area (Å²) in [5.74, 6) is 0.967. The summed E-state index contributed by atoms with van der Waals surface area (Å²) in [4.78, 5) is 45.5. The molecule has 8 heteroatoms. The van der Waals surface area contributed by atoms with Crippen molar-refractivity contribution in [2.45, 2.75) is 84.6 Å². The number of H-pyrrole nitrogens is 1. The maximum atomic E-state index is 12.6. The first-order chi connectivity index (χ1) is 20.1. The van der Waals surface area contributed by atoms with E-state index in [1.165, 1.54) is 24.8 Å². The van der Waals surface area contributed by atoms with Gasteiger partial charge in [0.1, 0.15) is 11.8 Å². The number of aliphatic carboxylic acids is 1. The molecule has 7 atom stereocenters. The second-order valence-electron chi connectivity index (χ2n) is 13.7. The topological polar surface area (TPSA) is 121 Å². The third-order valence-electron chi connectivity index (χ3n) is 11.6. The van der Waals surface area contributed by atoms with Gasteiger partial charge in [-0.1, -0.05) is 42.8 Å². The van der Waals surface area contributed by atoms with Crippen LogP contribution in [0.5, 0.6) is 0 Å². The number of hydrogen-bond acceptors (Lipinski definition) is 5. The van der Waals surface area contributed by atoms with Crippen LogP contribution in [0.15, 0.2) is 47.3 Å². The average molecular weight is 574 g/mol. The smallest absolute Gasteiger partial charge is 0.326 e. The Kier molecular flexibility index (Phi) is 7.52. The monoisotopic (exact) mass is 573 g/mol. The maximum absolute atomic E-state index is 12.6. The number of para-hydroxylation sites is 1. The summed E-state index contributed by atoms with van der Waals surface area (Å²) < 4.78 is 0. The quantitative estimate of drug-likeness (QED) is 0.344. The Labute approximate surface area is 247 Å². The molecule has 1 aromatic heterocycles. The molecule has 1 heterocycles. The molecular formula is C34H43N3O5. The summed E-state index contributed by atoms with van der Waals surface area (Å²) in [5.41, 5.74) is 4.36. The summed E-state index contributed by atoms with van der Waals surface area (Å²) in [6.45, 7) is 6.28. The van der Waals surface area contributed by atoms with Crippen LogP contribution in [0, 0.1) is 34.5 Å². The molecule has 3 N–H and O–H groups in total. The SMILES string of the molecule is CC(=O)[C@H]1CC[C@H]2[C@@H]3CCC4=C/C(=N/OCC(=O)N[C@H](Cc5c[nH]c6ccccc56)C(=O)O)CC[C@]4(C)[C@H]3CC[C@]12C. The molecule has 8 nitrogen and oxygen atoms in total. The molecule has 6 rings (SSSR count). The van der Waals surface area contributed by atoms with E-state index in [0.717, 1.165) is 54.3 Å². The molecule has 1 aromatic carbocycles. The molecule has 3 saturated carbocycles. The second-order valence-corrected chi connectivity index (χ2v) is 13.7. The standard InChI is InChI=1S/C34H43N3O5/c1-20(38)26-10-11-27-25-9-8-22-17-23(12-14-33(22,2)28(25)13-15-34(26,27)3)37-42-19-31(39)36-30(32(40)41)16-21-18-35-29-7-5-4-6-24(21)29/h4-7,17-18,25-28,30,35H,8-16,19H2,1-3H3,(H,36,39)(H,40,41)/b37-23+/t25-,26+,27-,28-,30+,33-,34+/m0/s1. The van der Waals surface area contributed by atoms with Gasteiger partial charge < -0.3 is 20.2 Å². The first kappa shape index (κ1) is 28.7. The van der Waals surface area contributed by atoms with Crippen LogP contribution in [-0.2, 0) is 25.6 Å². The number of fused-ring (bicyclic) bond motifs is 6. The molecule has 2 aromatic rings. The van der Waals surface area contributed by atoms with Crippen molar-refractivity contribution < 1.29 is 24.3 Å². The highest BCUT2D eigenvalue weighted by atomic mass is 16.6. The molecule has 4 aliphatic rings. The minimum absolute atomic E-state index is 0.145. The number of nitrogens with zero attached hydrogens (tertiary/aromatic N) is 1. The van der Waals surface area contributed by atoms with Crippen LogP contribution in [0.3, 0.4) is 0 Å². The van der Waals surface area contributed by atoms with Crippen molar-refractivity contribution in [2.75, 3.05) is 6.61 Å². The molecule has 0 unspecified atom stereocenters. The number of oxime groups is 1. The van der Waals surface area contributed by atoms with Gasteiger partial charge >= 0.3 is 5.97 Å². The lowest BCUT2D eigenvalue weighted by atomic mass is 9.46. The largest absolute Gasteiger partial charge is 0.480 e. The maximum Gasteiger partial charge on any atom is 0.326 e. The van der Waals surface area contributed by atoms with E-state index >= 15 is 0 Å². The number of allylic oxidation sites excluding steroid dienone is 2. The number of ketones is 1. The van der Waals surface area contributed by atoms with Crippen molar-refractivity contribution >= 4 is 34.3 Å². The fourth-order valence-electron chi connectivity index (χ4n) is 9.44. The number of carbonyl (C=O) groups is 3. The highest BCUT2D eigenvalue weighted by Gasteiger charge is 2.59. The van der Waals surface area contributed by atoms with Gasteiger partial charge in [-0.05, 0) is 105 Å². The van der Waals surface area contributed by atoms with Gasteiger partial charge in [-0.3, -0.25) is 9.59 Å². The number of carboxylic acid groups (broad SMARTS) is 1. The Morgan fingerprint density at radius 1 is 1.10 bits per heavy atom. The van der Waals surface area contributed by atoms with Crippen LogP contribution < -0.4 is 5.32 Å². The summed E-state index contributed by atoms with van der Waals surface area (Å²) >= 11 is 0. The normalized spacial score (nSPS) is 33.7. The molecule has 0 saturated heterocycles. The Balaban J connectivity index is 1.06. The molecule has 4 aliphatic carbocycles. The fraction of sp³-hybridized carbons (Fsp3) is 0.588. The number of rotatable bonds is 8. The summed E-state index contributed by atoms with van der Waals surface area (Å²) in [6.07, 6.45) is 12.7. The molecule has 0 aliphatic heterocycles. The third kappa shape index (κ3) is 4.96. The summed E-state index contributed by atoms with van der Waals surface area (Å²) in [5, 5.41) is 17.6. The molecule has 0 spiro atoms. The number of aromatic nitrogens is 1. The molecule has 42 heavy (non-hydrogen) atoms. The highest BCUT2D eigenvalue weighted by molar-refractivity contribution is 5.96. The molecule has 3 fully saturated rings. The highest BCUT2D eigenvalue weighted by Crippen LogP contribution is 2.66. The van der Waals surface area contributed by atoms with E-state index in [4.69, 9.17) is 4.84 Å². The van der Waals surface area contributed by atoms with Crippen molar-refractivity contribution in [3.05, 3.63) is 47.7 Å². The van der Waals surface area contributed by atoms with E-state index in [-0.39, 0.29) is 29.8 Å². The lowest BCUT2D eigenvalue weighted by Gasteiger charge is -2.58. The predicted octanol–water partition coefficient (Wildman–Crippen LogP) is 5.82. The van der Waals surface area contributed by atoms with Gasteiger partial charge in [-0.25, -0.2) is 4.79 Å².